The topological polar surface area (TPSA) is 75.6 Å². The molecule has 0 aliphatic heterocycles. The fraction of sp³-hybridized carbons (Fsp3) is 0.300. The van der Waals surface area contributed by atoms with Gasteiger partial charge in [-0.05, 0) is 97.2 Å². The van der Waals surface area contributed by atoms with Gasteiger partial charge in [0.1, 0.15) is 11.2 Å². The summed E-state index contributed by atoms with van der Waals surface area (Å²) in [5, 5.41) is 11.3. The molecule has 222 valence electrons. The largest absolute Gasteiger partial charge is 0.456 e. The van der Waals surface area contributed by atoms with Gasteiger partial charge in [0, 0.05) is 27.5 Å². The second-order valence-electron chi connectivity index (χ2n) is 13.5. The summed E-state index contributed by atoms with van der Waals surface area (Å²) in [6.45, 7) is 4.82. The summed E-state index contributed by atoms with van der Waals surface area (Å²) in [6, 6.07) is 33.0. The molecule has 2 saturated carbocycles. The summed E-state index contributed by atoms with van der Waals surface area (Å²) in [4.78, 5) is 15.0. The van der Waals surface area contributed by atoms with Crippen LogP contribution in [0.1, 0.15) is 63.5 Å². The number of benzene rings is 4. The Morgan fingerprint density at radius 1 is 0.733 bits per heavy atom. The molecule has 2 aromatic heterocycles. The predicted octanol–water partition coefficient (Wildman–Crippen LogP) is 10.1. The Hall–Kier alpha value is -4.82. The van der Waals surface area contributed by atoms with Crippen molar-refractivity contribution in [2.45, 2.75) is 57.8 Å². The van der Waals surface area contributed by atoms with E-state index in [1.807, 2.05) is 54.6 Å². The Morgan fingerprint density at radius 3 is 2.09 bits per heavy atom. The summed E-state index contributed by atoms with van der Waals surface area (Å²) in [7, 11) is 0. The SMILES string of the molecule is CC[C@@H]1C[C@@H]2C[C@H](C)CC(c3ccc(-c4nc(-c5ccccc5)nc(-c5ccc6oc7ccc(C#N)cc7c6c5)n4)cc3)(C1)C2. The van der Waals surface area contributed by atoms with Crippen molar-refractivity contribution < 1.29 is 4.42 Å². The first-order valence-corrected chi connectivity index (χ1v) is 16.3. The molecule has 8 rings (SSSR count). The molecule has 1 unspecified atom stereocenters. The maximum absolute atomic E-state index is 9.48. The number of nitrogens with zero attached hydrogens (tertiary/aromatic N) is 4. The molecule has 45 heavy (non-hydrogen) atoms. The van der Waals surface area contributed by atoms with Crippen LogP contribution in [-0.4, -0.2) is 15.0 Å². The lowest BCUT2D eigenvalue weighted by atomic mass is 9.54. The normalized spacial score (nSPS) is 22.8. The van der Waals surface area contributed by atoms with Crippen molar-refractivity contribution in [2.75, 3.05) is 0 Å². The molecule has 0 spiro atoms. The molecule has 2 aliphatic carbocycles. The molecule has 2 heterocycles. The summed E-state index contributed by atoms with van der Waals surface area (Å²) in [5.41, 5.74) is 6.70. The maximum atomic E-state index is 9.48. The van der Waals surface area contributed by atoms with Crippen LogP contribution in [0.2, 0.25) is 0 Å². The van der Waals surface area contributed by atoms with Crippen LogP contribution in [0.25, 0.3) is 56.1 Å². The molecule has 2 aliphatic rings. The summed E-state index contributed by atoms with van der Waals surface area (Å²) in [5.74, 6) is 4.36. The second-order valence-corrected chi connectivity index (χ2v) is 13.5. The van der Waals surface area contributed by atoms with Gasteiger partial charge in [-0.1, -0.05) is 74.9 Å². The molecule has 6 aromatic rings. The van der Waals surface area contributed by atoms with E-state index in [0.717, 1.165) is 56.4 Å². The van der Waals surface area contributed by atoms with Crippen molar-refractivity contribution in [3.63, 3.8) is 0 Å². The van der Waals surface area contributed by atoms with Gasteiger partial charge in [-0.25, -0.2) is 15.0 Å². The number of hydrogen-bond donors (Lipinski definition) is 0. The second kappa shape index (κ2) is 11.0. The van der Waals surface area contributed by atoms with Crippen LogP contribution in [0.5, 0.6) is 0 Å². The summed E-state index contributed by atoms with van der Waals surface area (Å²) in [6.07, 6.45) is 7.97. The minimum absolute atomic E-state index is 0.285. The van der Waals surface area contributed by atoms with E-state index in [2.05, 4.69) is 50.2 Å². The summed E-state index contributed by atoms with van der Waals surface area (Å²) < 4.78 is 6.08. The van der Waals surface area contributed by atoms with Gasteiger partial charge in [0.25, 0.3) is 0 Å². The maximum Gasteiger partial charge on any atom is 0.164 e. The third-order valence-electron chi connectivity index (χ3n) is 10.4. The molecule has 0 amide bonds. The van der Waals surface area contributed by atoms with Gasteiger partial charge in [-0.2, -0.15) is 5.26 Å². The zero-order valence-electron chi connectivity index (χ0n) is 25.8. The fourth-order valence-electron chi connectivity index (χ4n) is 8.47. The highest BCUT2D eigenvalue weighted by Gasteiger charge is 2.45. The highest BCUT2D eigenvalue weighted by atomic mass is 16.3. The monoisotopic (exact) mass is 588 g/mol. The van der Waals surface area contributed by atoms with Crippen LogP contribution < -0.4 is 0 Å². The molecule has 5 nitrogen and oxygen atoms in total. The molecule has 4 atom stereocenters. The van der Waals surface area contributed by atoms with E-state index in [1.165, 1.54) is 44.1 Å². The summed E-state index contributed by atoms with van der Waals surface area (Å²) >= 11 is 0. The number of furan rings is 1. The molecular formula is C40H36N4O. The molecular weight excluding hydrogens is 552 g/mol. The number of aromatic nitrogens is 3. The van der Waals surface area contributed by atoms with Gasteiger partial charge in [-0.15, -0.1) is 0 Å². The van der Waals surface area contributed by atoms with Crippen molar-refractivity contribution in [2.24, 2.45) is 17.8 Å². The lowest BCUT2D eigenvalue weighted by molar-refractivity contribution is 0.0702. The Kier molecular flexibility index (Phi) is 6.75. The van der Waals surface area contributed by atoms with Crippen LogP contribution in [0.15, 0.2) is 95.4 Å². The first-order chi connectivity index (χ1) is 22.0. The van der Waals surface area contributed by atoms with E-state index >= 15 is 0 Å². The van der Waals surface area contributed by atoms with Crippen molar-refractivity contribution in [3.05, 3.63) is 102 Å². The zero-order chi connectivity index (χ0) is 30.5. The third-order valence-corrected chi connectivity index (χ3v) is 10.4. The van der Waals surface area contributed by atoms with Crippen LogP contribution in [-0.2, 0) is 5.41 Å². The number of hydrogen-bond acceptors (Lipinski definition) is 5. The number of rotatable bonds is 5. The highest BCUT2D eigenvalue weighted by Crippen LogP contribution is 2.54. The quantitative estimate of drug-likeness (QED) is 0.200. The van der Waals surface area contributed by atoms with E-state index in [9.17, 15) is 5.26 Å². The first-order valence-electron chi connectivity index (χ1n) is 16.3. The van der Waals surface area contributed by atoms with Crippen molar-refractivity contribution in [1.82, 2.24) is 15.0 Å². The smallest absolute Gasteiger partial charge is 0.164 e. The molecule has 5 heteroatoms. The van der Waals surface area contributed by atoms with Crippen molar-refractivity contribution in [3.8, 4) is 40.2 Å². The fourth-order valence-corrected chi connectivity index (χ4v) is 8.47. The minimum atomic E-state index is 0.285. The Balaban J connectivity index is 1.22. The molecule has 0 radical (unpaired) electrons. The highest BCUT2D eigenvalue weighted by molar-refractivity contribution is 6.06. The molecule has 2 fully saturated rings. The van der Waals surface area contributed by atoms with Crippen molar-refractivity contribution in [1.29, 1.82) is 5.26 Å². The Bertz CT molecular complexity index is 2070. The lowest BCUT2D eigenvalue weighted by Crippen LogP contribution is -2.42. The average Bonchev–Trinajstić information content (AvgIpc) is 3.45. The van der Waals surface area contributed by atoms with Crippen LogP contribution >= 0.6 is 0 Å². The average molecular weight is 589 g/mol. The number of nitriles is 1. The molecule has 2 bridgehead atoms. The molecule has 4 aromatic carbocycles. The Labute approximate surface area is 264 Å². The number of fused-ring (bicyclic) bond motifs is 5. The molecule has 0 N–H and O–H groups in total. The van der Waals surface area contributed by atoms with Crippen LogP contribution in [0.4, 0.5) is 0 Å². The van der Waals surface area contributed by atoms with E-state index < -0.39 is 0 Å². The van der Waals surface area contributed by atoms with Gasteiger partial charge < -0.3 is 4.42 Å². The lowest BCUT2D eigenvalue weighted by Gasteiger charge is -2.51. The van der Waals surface area contributed by atoms with Gasteiger partial charge in [0.15, 0.2) is 17.5 Å². The van der Waals surface area contributed by atoms with E-state index in [-0.39, 0.29) is 5.41 Å². The predicted molar refractivity (Wildman–Crippen MR) is 179 cm³/mol. The van der Waals surface area contributed by atoms with Crippen molar-refractivity contribution >= 4 is 21.9 Å². The third kappa shape index (κ3) is 4.99. The van der Waals surface area contributed by atoms with E-state index in [4.69, 9.17) is 19.4 Å². The van der Waals surface area contributed by atoms with Crippen LogP contribution in [0.3, 0.4) is 0 Å². The van der Waals surface area contributed by atoms with Crippen LogP contribution in [0, 0.1) is 29.1 Å². The van der Waals surface area contributed by atoms with Gasteiger partial charge in [0.2, 0.25) is 0 Å². The van der Waals surface area contributed by atoms with Gasteiger partial charge in [-0.3, -0.25) is 0 Å². The zero-order valence-corrected chi connectivity index (χ0v) is 25.8. The van der Waals surface area contributed by atoms with Gasteiger partial charge in [0.05, 0.1) is 11.6 Å². The minimum Gasteiger partial charge on any atom is -0.456 e. The van der Waals surface area contributed by atoms with Gasteiger partial charge >= 0.3 is 0 Å². The Morgan fingerprint density at radius 2 is 1.38 bits per heavy atom. The van der Waals surface area contributed by atoms with E-state index in [1.54, 1.807) is 6.07 Å². The van der Waals surface area contributed by atoms with E-state index in [0.29, 0.717) is 23.0 Å². The first kappa shape index (κ1) is 27.7. The standard InChI is InChI=1S/C40H36N4O/c1-3-26-18-28-17-25(2)21-40(22-26,23-28)32-13-10-30(11-14-32)38-42-37(29-7-5-4-6-8-29)43-39(44-38)31-12-16-36-34(20-31)33-19-27(24-41)9-15-35(33)45-36/h4-16,19-20,25-26,28H,3,17-18,21-23H2,1-2H3/t25-,26+,28-,40?/m0/s1. The molecule has 0 saturated heterocycles.